The van der Waals surface area contributed by atoms with Crippen LogP contribution in [-0.4, -0.2) is 35.2 Å². The van der Waals surface area contributed by atoms with Crippen LogP contribution in [0.1, 0.15) is 18.9 Å². The van der Waals surface area contributed by atoms with E-state index >= 15 is 0 Å². The summed E-state index contributed by atoms with van der Waals surface area (Å²) in [6.45, 7) is 4.06. The molecule has 0 bridgehead atoms. The minimum Gasteiger partial charge on any atom is -0.487 e. The Morgan fingerprint density at radius 2 is 2.25 bits per heavy atom. The molecule has 2 N–H and O–H groups in total. The van der Waals surface area contributed by atoms with Crippen molar-refractivity contribution in [3.05, 3.63) is 33.9 Å². The molecule has 7 heteroatoms. The quantitative estimate of drug-likeness (QED) is 0.556. The fourth-order valence-corrected chi connectivity index (χ4v) is 1.83. The number of nitrogens with zero attached hydrogens (tertiary/aromatic N) is 1. The number of likely N-dealkylation sites (N-methyl/N-ethyl adjacent to an activating group) is 1. The number of hydrogen-bond acceptors (Lipinski definition) is 5. The van der Waals surface area contributed by atoms with Crippen LogP contribution in [0, 0.1) is 17.0 Å². The van der Waals surface area contributed by atoms with E-state index in [9.17, 15) is 14.9 Å². The third-order valence-electron chi connectivity index (χ3n) is 2.80. The van der Waals surface area contributed by atoms with E-state index in [1.54, 1.807) is 19.1 Å². The van der Waals surface area contributed by atoms with Crippen molar-refractivity contribution < 1.29 is 19.6 Å². The Morgan fingerprint density at radius 3 is 2.80 bits per heavy atom. The van der Waals surface area contributed by atoms with Gasteiger partial charge in [0.2, 0.25) is 0 Å². The van der Waals surface area contributed by atoms with Gasteiger partial charge in [-0.15, -0.1) is 0 Å². The number of benzene rings is 1. The summed E-state index contributed by atoms with van der Waals surface area (Å²) in [5.74, 6) is -0.801. The highest BCUT2D eigenvalue weighted by atomic mass is 16.6. The van der Waals surface area contributed by atoms with Gasteiger partial charge in [-0.2, -0.15) is 0 Å². The number of nitro groups is 1. The number of nitro benzene ring substituents is 1. The number of nitrogens with one attached hydrogen (secondary N) is 1. The second-order valence-corrected chi connectivity index (χ2v) is 4.26. The number of aliphatic carboxylic acids is 1. The maximum atomic E-state index is 11.0. The molecule has 1 aromatic carbocycles. The summed E-state index contributed by atoms with van der Waals surface area (Å²) in [5.41, 5.74) is 0.428. The maximum absolute atomic E-state index is 11.0. The SMILES string of the molecule is CCNC(CCOc1cccc(C)c1[N+](=O)[O-])C(=O)O. The Labute approximate surface area is 116 Å². The van der Waals surface area contributed by atoms with E-state index in [1.165, 1.54) is 6.07 Å². The first kappa shape index (κ1) is 15.9. The predicted molar refractivity (Wildman–Crippen MR) is 73.0 cm³/mol. The van der Waals surface area contributed by atoms with E-state index in [1.807, 2.05) is 6.92 Å². The van der Waals surface area contributed by atoms with E-state index in [4.69, 9.17) is 9.84 Å². The molecule has 0 saturated heterocycles. The lowest BCUT2D eigenvalue weighted by Crippen LogP contribution is -2.37. The monoisotopic (exact) mass is 282 g/mol. The number of rotatable bonds is 8. The van der Waals surface area contributed by atoms with Gasteiger partial charge in [-0.1, -0.05) is 19.1 Å². The molecule has 1 atom stereocenters. The van der Waals surface area contributed by atoms with Gasteiger partial charge in [0.05, 0.1) is 11.5 Å². The molecule has 1 aromatic rings. The van der Waals surface area contributed by atoms with Crippen LogP contribution in [0.3, 0.4) is 0 Å². The maximum Gasteiger partial charge on any atom is 0.320 e. The topological polar surface area (TPSA) is 102 Å². The zero-order valence-electron chi connectivity index (χ0n) is 11.5. The van der Waals surface area contributed by atoms with Crippen LogP contribution in [0.2, 0.25) is 0 Å². The van der Waals surface area contributed by atoms with Crippen LogP contribution in [0.4, 0.5) is 5.69 Å². The molecule has 1 rings (SSSR count). The van der Waals surface area contributed by atoms with Crippen LogP contribution in [-0.2, 0) is 4.79 Å². The lowest BCUT2D eigenvalue weighted by atomic mass is 10.2. The van der Waals surface area contributed by atoms with Crippen molar-refractivity contribution in [1.29, 1.82) is 0 Å². The van der Waals surface area contributed by atoms with Gasteiger partial charge in [-0.3, -0.25) is 14.9 Å². The van der Waals surface area contributed by atoms with Gasteiger partial charge >= 0.3 is 11.7 Å². The van der Waals surface area contributed by atoms with E-state index in [0.717, 1.165) is 0 Å². The zero-order chi connectivity index (χ0) is 15.1. The Balaban J connectivity index is 2.68. The molecule has 1 unspecified atom stereocenters. The highest BCUT2D eigenvalue weighted by Gasteiger charge is 2.20. The van der Waals surface area contributed by atoms with Crippen molar-refractivity contribution in [3.8, 4) is 5.75 Å². The number of hydrogen-bond donors (Lipinski definition) is 2. The molecule has 0 spiro atoms. The van der Waals surface area contributed by atoms with Crippen LogP contribution in [0.25, 0.3) is 0 Å². The first-order valence-corrected chi connectivity index (χ1v) is 6.30. The number of ether oxygens (including phenoxy) is 1. The van der Waals surface area contributed by atoms with Crippen molar-refractivity contribution >= 4 is 11.7 Å². The lowest BCUT2D eigenvalue weighted by molar-refractivity contribution is -0.386. The molecule has 0 aliphatic rings. The second-order valence-electron chi connectivity index (χ2n) is 4.26. The van der Waals surface area contributed by atoms with Gasteiger partial charge < -0.3 is 15.2 Å². The Hall–Kier alpha value is -2.15. The average Bonchev–Trinajstić information content (AvgIpc) is 2.37. The molecule has 0 radical (unpaired) electrons. The van der Waals surface area contributed by atoms with Gasteiger partial charge in [-0.05, 0) is 19.5 Å². The summed E-state index contributed by atoms with van der Waals surface area (Å²) < 4.78 is 5.36. The largest absolute Gasteiger partial charge is 0.487 e. The first-order chi connectivity index (χ1) is 9.47. The average molecular weight is 282 g/mol. The van der Waals surface area contributed by atoms with E-state index in [0.29, 0.717) is 12.1 Å². The van der Waals surface area contributed by atoms with Gasteiger partial charge in [0.15, 0.2) is 5.75 Å². The van der Waals surface area contributed by atoms with E-state index < -0.39 is 16.9 Å². The first-order valence-electron chi connectivity index (χ1n) is 6.30. The van der Waals surface area contributed by atoms with Crippen LogP contribution >= 0.6 is 0 Å². The van der Waals surface area contributed by atoms with Gasteiger partial charge in [0.1, 0.15) is 6.04 Å². The Bertz CT molecular complexity index is 490. The summed E-state index contributed by atoms with van der Waals surface area (Å²) in [7, 11) is 0. The second kappa shape index (κ2) is 7.44. The molecule has 0 aromatic heterocycles. The van der Waals surface area contributed by atoms with Crippen LogP contribution in [0.15, 0.2) is 18.2 Å². The molecule has 0 saturated carbocycles. The minimum absolute atomic E-state index is 0.0807. The molecular formula is C13H18N2O5. The van der Waals surface area contributed by atoms with Crippen molar-refractivity contribution in [2.75, 3.05) is 13.2 Å². The number of para-hydroxylation sites is 1. The third kappa shape index (κ3) is 4.20. The molecular weight excluding hydrogens is 264 g/mol. The predicted octanol–water partition coefficient (Wildman–Crippen LogP) is 1.73. The Kier molecular flexibility index (Phi) is 5.92. The van der Waals surface area contributed by atoms with E-state index in [2.05, 4.69) is 5.32 Å². The summed E-state index contributed by atoms with van der Waals surface area (Å²) in [5, 5.41) is 22.7. The molecule has 0 amide bonds. The fraction of sp³-hybridized carbons (Fsp3) is 0.462. The van der Waals surface area contributed by atoms with Crippen molar-refractivity contribution in [2.45, 2.75) is 26.3 Å². The number of carbonyl (C=O) groups is 1. The molecule has 7 nitrogen and oxygen atoms in total. The smallest absolute Gasteiger partial charge is 0.320 e. The number of carboxylic acids is 1. The lowest BCUT2D eigenvalue weighted by Gasteiger charge is -2.13. The summed E-state index contributed by atoms with van der Waals surface area (Å²) in [4.78, 5) is 21.4. The molecule has 0 aliphatic heterocycles. The fourth-order valence-electron chi connectivity index (χ4n) is 1.83. The Morgan fingerprint density at radius 1 is 1.55 bits per heavy atom. The minimum atomic E-state index is -0.964. The number of aryl methyl sites for hydroxylation is 1. The summed E-state index contributed by atoms with van der Waals surface area (Å²) in [6, 6.07) is 4.08. The summed E-state index contributed by atoms with van der Waals surface area (Å²) in [6.07, 6.45) is 0.230. The van der Waals surface area contributed by atoms with Crippen molar-refractivity contribution in [2.24, 2.45) is 0 Å². The van der Waals surface area contributed by atoms with Crippen LogP contribution < -0.4 is 10.1 Å². The molecule has 0 aliphatic carbocycles. The highest BCUT2D eigenvalue weighted by molar-refractivity contribution is 5.73. The van der Waals surface area contributed by atoms with E-state index in [-0.39, 0.29) is 24.5 Å². The normalized spacial score (nSPS) is 11.9. The molecule has 110 valence electrons. The van der Waals surface area contributed by atoms with Gasteiger partial charge in [0.25, 0.3) is 0 Å². The third-order valence-corrected chi connectivity index (χ3v) is 2.80. The zero-order valence-corrected chi connectivity index (χ0v) is 11.5. The van der Waals surface area contributed by atoms with Crippen molar-refractivity contribution in [3.63, 3.8) is 0 Å². The number of carboxylic acid groups (broad SMARTS) is 1. The molecule has 0 heterocycles. The molecule has 0 fully saturated rings. The standard InChI is InChI=1S/C13H18N2O5/c1-3-14-10(13(16)17)7-8-20-11-6-4-5-9(2)12(11)15(18)19/h4-6,10,14H,3,7-8H2,1-2H3,(H,16,17). The van der Waals surface area contributed by atoms with Gasteiger partial charge in [0, 0.05) is 12.0 Å². The van der Waals surface area contributed by atoms with Crippen LogP contribution in [0.5, 0.6) is 5.75 Å². The van der Waals surface area contributed by atoms with Gasteiger partial charge in [-0.25, -0.2) is 0 Å². The summed E-state index contributed by atoms with van der Waals surface area (Å²) >= 11 is 0. The highest BCUT2D eigenvalue weighted by Crippen LogP contribution is 2.30. The molecule has 20 heavy (non-hydrogen) atoms. The van der Waals surface area contributed by atoms with Crippen molar-refractivity contribution in [1.82, 2.24) is 5.32 Å².